The van der Waals surface area contributed by atoms with Gasteiger partial charge in [-0.1, -0.05) is 24.6 Å². The molecule has 0 saturated heterocycles. The minimum atomic E-state index is -2.02. The monoisotopic (exact) mass is 383 g/mol. The summed E-state index contributed by atoms with van der Waals surface area (Å²) in [5.74, 6) is -3.80. The Morgan fingerprint density at radius 2 is 2.00 bits per heavy atom. The van der Waals surface area contributed by atoms with E-state index in [9.17, 15) is 18.3 Å². The highest BCUT2D eigenvalue weighted by molar-refractivity contribution is 6.29. The van der Waals surface area contributed by atoms with Gasteiger partial charge < -0.3 is 5.11 Å². The number of aromatic nitrogens is 5. The molecule has 1 aromatic carbocycles. The Kier molecular flexibility index (Phi) is 4.92. The Morgan fingerprint density at radius 3 is 2.65 bits per heavy atom. The van der Waals surface area contributed by atoms with E-state index in [4.69, 9.17) is 11.6 Å². The van der Waals surface area contributed by atoms with Crippen LogP contribution >= 0.6 is 11.6 Å². The molecule has 0 radical (unpaired) electrons. The Labute approximate surface area is 151 Å². The number of hydrogen-bond donors (Lipinski definition) is 1. The van der Waals surface area contributed by atoms with Crippen LogP contribution in [0.5, 0.6) is 0 Å². The minimum Gasteiger partial charge on any atom is -0.382 e. The smallest absolute Gasteiger partial charge is 0.182 e. The highest BCUT2D eigenvalue weighted by atomic mass is 35.5. The highest BCUT2D eigenvalue weighted by Gasteiger charge is 2.42. The van der Waals surface area contributed by atoms with E-state index in [2.05, 4.69) is 20.1 Å². The predicted molar refractivity (Wildman–Crippen MR) is 85.7 cm³/mol. The van der Waals surface area contributed by atoms with Crippen molar-refractivity contribution in [1.29, 1.82) is 0 Å². The lowest BCUT2D eigenvalue weighted by Gasteiger charge is -2.34. The summed E-state index contributed by atoms with van der Waals surface area (Å²) < 4.78 is 43.4. The Hall–Kier alpha value is -2.52. The summed E-state index contributed by atoms with van der Waals surface area (Å²) >= 11 is 5.69. The Balaban J connectivity index is 2.15. The number of rotatable bonds is 5. The number of hydrogen-bond acceptors (Lipinski definition) is 5. The molecule has 0 bridgehead atoms. The summed E-state index contributed by atoms with van der Waals surface area (Å²) in [5.41, 5.74) is -2.48. The van der Waals surface area contributed by atoms with Crippen LogP contribution in [0.3, 0.4) is 0 Å². The molecule has 10 heteroatoms. The van der Waals surface area contributed by atoms with E-state index in [0.717, 1.165) is 18.5 Å². The van der Waals surface area contributed by atoms with Crippen molar-refractivity contribution >= 4 is 11.6 Å². The molecule has 3 aromatic rings. The van der Waals surface area contributed by atoms with Gasteiger partial charge in [0.05, 0.1) is 12.2 Å². The largest absolute Gasteiger partial charge is 0.382 e. The molecule has 0 amide bonds. The second-order valence-electron chi connectivity index (χ2n) is 5.73. The molecular weight excluding hydrogens is 371 g/mol. The Bertz CT molecular complexity index is 924. The molecule has 26 heavy (non-hydrogen) atoms. The molecule has 0 spiro atoms. The van der Waals surface area contributed by atoms with Gasteiger partial charge in [0.25, 0.3) is 0 Å². The van der Waals surface area contributed by atoms with Crippen molar-refractivity contribution in [1.82, 2.24) is 24.7 Å². The molecule has 2 aromatic heterocycles. The summed E-state index contributed by atoms with van der Waals surface area (Å²) in [4.78, 5) is 11.1. The second kappa shape index (κ2) is 7.00. The van der Waals surface area contributed by atoms with Crippen molar-refractivity contribution in [2.75, 3.05) is 0 Å². The first-order valence-electron chi connectivity index (χ1n) is 7.49. The third-order valence-electron chi connectivity index (χ3n) is 4.17. The van der Waals surface area contributed by atoms with Crippen molar-refractivity contribution in [2.24, 2.45) is 0 Å². The van der Waals surface area contributed by atoms with Crippen LogP contribution in [0.1, 0.15) is 24.1 Å². The first-order chi connectivity index (χ1) is 12.3. The summed E-state index contributed by atoms with van der Waals surface area (Å²) in [6.07, 6.45) is 3.57. The normalized spacial score (nSPS) is 14.8. The zero-order valence-corrected chi connectivity index (χ0v) is 14.2. The molecule has 2 heterocycles. The number of aliphatic hydroxyl groups is 1. The third kappa shape index (κ3) is 3.27. The van der Waals surface area contributed by atoms with E-state index >= 15 is 0 Å². The lowest BCUT2D eigenvalue weighted by Crippen LogP contribution is -2.39. The predicted octanol–water partition coefficient (Wildman–Crippen LogP) is 2.83. The van der Waals surface area contributed by atoms with Crippen molar-refractivity contribution in [2.45, 2.75) is 25.0 Å². The molecule has 0 aliphatic rings. The fourth-order valence-electron chi connectivity index (χ4n) is 2.75. The van der Waals surface area contributed by atoms with Crippen LogP contribution in [0, 0.1) is 17.5 Å². The average molecular weight is 384 g/mol. The summed E-state index contributed by atoms with van der Waals surface area (Å²) in [7, 11) is 0. The van der Waals surface area contributed by atoms with Crippen LogP contribution in [-0.4, -0.2) is 29.8 Å². The van der Waals surface area contributed by atoms with Gasteiger partial charge in [-0.25, -0.2) is 32.8 Å². The van der Waals surface area contributed by atoms with Gasteiger partial charge in [0, 0.05) is 17.5 Å². The fourth-order valence-corrected chi connectivity index (χ4v) is 2.89. The van der Waals surface area contributed by atoms with Crippen LogP contribution in [0.4, 0.5) is 13.2 Å². The SMILES string of the molecule is C[C@H](c1ncnc(Cl)c1F)[C@](O)(Cn1cncn1)c1ccc(F)cc1F. The molecule has 3 rings (SSSR count). The van der Waals surface area contributed by atoms with Gasteiger partial charge in [-0.2, -0.15) is 5.10 Å². The molecule has 0 fully saturated rings. The topological polar surface area (TPSA) is 76.7 Å². The number of halogens is 4. The maximum atomic E-state index is 14.4. The van der Waals surface area contributed by atoms with Gasteiger partial charge >= 0.3 is 0 Å². The molecule has 0 aliphatic carbocycles. The third-order valence-corrected chi connectivity index (χ3v) is 4.43. The second-order valence-corrected chi connectivity index (χ2v) is 6.08. The van der Waals surface area contributed by atoms with Crippen molar-refractivity contribution in [3.8, 4) is 0 Å². The number of benzene rings is 1. The van der Waals surface area contributed by atoms with Gasteiger partial charge in [0.1, 0.15) is 36.2 Å². The summed E-state index contributed by atoms with van der Waals surface area (Å²) in [5, 5.41) is 14.8. The zero-order valence-electron chi connectivity index (χ0n) is 13.4. The van der Waals surface area contributed by atoms with Crippen LogP contribution in [0.25, 0.3) is 0 Å². The van der Waals surface area contributed by atoms with Crippen molar-refractivity contribution in [3.05, 3.63) is 71.0 Å². The van der Waals surface area contributed by atoms with E-state index in [-0.39, 0.29) is 17.8 Å². The maximum Gasteiger partial charge on any atom is 0.182 e. The van der Waals surface area contributed by atoms with Gasteiger partial charge in [0.15, 0.2) is 11.0 Å². The summed E-state index contributed by atoms with van der Waals surface area (Å²) in [6, 6.07) is 2.73. The highest BCUT2D eigenvalue weighted by Crippen LogP contribution is 2.40. The van der Waals surface area contributed by atoms with Crippen LogP contribution < -0.4 is 0 Å². The zero-order chi connectivity index (χ0) is 18.9. The van der Waals surface area contributed by atoms with E-state index in [1.165, 1.54) is 24.3 Å². The van der Waals surface area contributed by atoms with Gasteiger partial charge in [-0.3, -0.25) is 0 Å². The number of nitrogens with zero attached hydrogens (tertiary/aromatic N) is 5. The first kappa shape index (κ1) is 18.3. The molecule has 2 atom stereocenters. The quantitative estimate of drug-likeness (QED) is 0.686. The van der Waals surface area contributed by atoms with E-state index in [1.807, 2.05) is 0 Å². The summed E-state index contributed by atoms with van der Waals surface area (Å²) in [6.45, 7) is 1.17. The standard InChI is InChI=1S/C16H13ClF3N5O/c1-9(14-13(20)15(17)23-7-22-14)16(26,5-25-8-21-6-24-25)11-3-2-10(18)4-12(11)19/h2-4,6-9,26H,5H2,1H3/t9-,16-/m1/s1. The van der Waals surface area contributed by atoms with Crippen LogP contribution in [-0.2, 0) is 12.1 Å². The van der Waals surface area contributed by atoms with Crippen LogP contribution in [0.2, 0.25) is 5.15 Å². The van der Waals surface area contributed by atoms with Crippen LogP contribution in [0.15, 0.2) is 37.2 Å². The van der Waals surface area contributed by atoms with Crippen molar-refractivity contribution in [3.63, 3.8) is 0 Å². The molecular formula is C16H13ClF3N5O. The van der Waals surface area contributed by atoms with Crippen molar-refractivity contribution < 1.29 is 18.3 Å². The van der Waals surface area contributed by atoms with E-state index in [1.54, 1.807) is 0 Å². The average Bonchev–Trinajstić information content (AvgIpc) is 3.09. The van der Waals surface area contributed by atoms with Gasteiger partial charge in [0.2, 0.25) is 0 Å². The van der Waals surface area contributed by atoms with E-state index in [0.29, 0.717) is 6.07 Å². The molecule has 6 nitrogen and oxygen atoms in total. The molecule has 1 N–H and O–H groups in total. The molecule has 0 aliphatic heterocycles. The maximum absolute atomic E-state index is 14.4. The first-order valence-corrected chi connectivity index (χ1v) is 7.87. The lowest BCUT2D eigenvalue weighted by atomic mass is 9.79. The molecule has 0 unspecified atom stereocenters. The Morgan fingerprint density at radius 1 is 1.23 bits per heavy atom. The lowest BCUT2D eigenvalue weighted by molar-refractivity contribution is -0.0133. The van der Waals surface area contributed by atoms with E-state index < -0.39 is 34.1 Å². The molecule has 0 saturated carbocycles. The van der Waals surface area contributed by atoms with Gasteiger partial charge in [-0.15, -0.1) is 0 Å². The fraction of sp³-hybridized carbons (Fsp3) is 0.250. The van der Waals surface area contributed by atoms with Gasteiger partial charge in [-0.05, 0) is 6.07 Å². The minimum absolute atomic E-state index is 0.212. The molecule has 136 valence electrons.